The zero-order chi connectivity index (χ0) is 5.98. The average molecular weight is 118 g/mol. The molecule has 1 aliphatic rings. The molecular weight excluding hydrogens is 108 g/mol. The van der Waals surface area contributed by atoms with E-state index in [0.29, 0.717) is 0 Å². The molecule has 4 nitrogen and oxygen atoms in total. The van der Waals surface area contributed by atoms with Crippen molar-refractivity contribution < 1.29 is 9.78 Å². The molecule has 4 N–H and O–H groups in total. The highest BCUT2D eigenvalue weighted by Gasteiger charge is 2.15. The van der Waals surface area contributed by atoms with Crippen LogP contribution >= 0.6 is 0 Å². The van der Waals surface area contributed by atoms with E-state index in [1.165, 1.54) is 0 Å². The van der Waals surface area contributed by atoms with Crippen LogP contribution in [-0.2, 0) is 9.78 Å². The van der Waals surface area contributed by atoms with Gasteiger partial charge in [-0.3, -0.25) is 0 Å². The van der Waals surface area contributed by atoms with Crippen LogP contribution in [0.5, 0.6) is 0 Å². The maximum Gasteiger partial charge on any atom is 0.141 e. The summed E-state index contributed by atoms with van der Waals surface area (Å²) in [5.41, 5.74) is 10.6. The minimum absolute atomic E-state index is 0.283. The van der Waals surface area contributed by atoms with Gasteiger partial charge < -0.3 is 11.5 Å². The average Bonchev–Trinajstić information content (AvgIpc) is 1.77. The van der Waals surface area contributed by atoms with Crippen LogP contribution in [-0.4, -0.2) is 12.5 Å². The third-order valence-corrected chi connectivity index (χ3v) is 1.04. The van der Waals surface area contributed by atoms with Crippen molar-refractivity contribution in [3.8, 4) is 0 Å². The molecule has 1 rings (SSSR count). The van der Waals surface area contributed by atoms with E-state index in [9.17, 15) is 0 Å². The van der Waals surface area contributed by atoms with Crippen LogP contribution in [0.4, 0.5) is 0 Å². The van der Waals surface area contributed by atoms with Crippen LogP contribution in [0.1, 0.15) is 12.8 Å². The Morgan fingerprint density at radius 3 is 1.62 bits per heavy atom. The highest BCUT2D eigenvalue weighted by Crippen LogP contribution is 2.08. The van der Waals surface area contributed by atoms with Gasteiger partial charge in [-0.2, -0.15) is 0 Å². The Morgan fingerprint density at radius 1 is 1.00 bits per heavy atom. The molecule has 1 saturated heterocycles. The Hall–Kier alpha value is -0.160. The molecular formula is C4H10N2O2. The Kier molecular flexibility index (Phi) is 1.80. The van der Waals surface area contributed by atoms with Crippen molar-refractivity contribution >= 4 is 0 Å². The smallest absolute Gasteiger partial charge is 0.141 e. The molecule has 0 aromatic carbocycles. The van der Waals surface area contributed by atoms with Gasteiger partial charge in [-0.1, -0.05) is 0 Å². The van der Waals surface area contributed by atoms with Crippen molar-refractivity contribution in [2.75, 3.05) is 0 Å². The Balaban J connectivity index is 2.19. The lowest BCUT2D eigenvalue weighted by Gasteiger charge is -2.21. The van der Waals surface area contributed by atoms with E-state index in [2.05, 4.69) is 9.78 Å². The molecule has 1 aliphatic heterocycles. The molecule has 8 heavy (non-hydrogen) atoms. The second-order valence-corrected chi connectivity index (χ2v) is 1.85. The van der Waals surface area contributed by atoms with Crippen LogP contribution < -0.4 is 11.5 Å². The van der Waals surface area contributed by atoms with Gasteiger partial charge in [0.25, 0.3) is 0 Å². The largest absolute Gasteiger partial charge is 0.303 e. The zero-order valence-corrected chi connectivity index (χ0v) is 4.54. The highest BCUT2D eigenvalue weighted by atomic mass is 17.2. The molecule has 0 aromatic rings. The van der Waals surface area contributed by atoms with Crippen molar-refractivity contribution in [2.45, 2.75) is 25.3 Å². The van der Waals surface area contributed by atoms with Crippen LogP contribution in [0.3, 0.4) is 0 Å². The van der Waals surface area contributed by atoms with E-state index in [1.54, 1.807) is 0 Å². The zero-order valence-electron chi connectivity index (χ0n) is 4.54. The van der Waals surface area contributed by atoms with Crippen molar-refractivity contribution in [2.24, 2.45) is 11.5 Å². The first kappa shape index (κ1) is 5.97. The van der Waals surface area contributed by atoms with Gasteiger partial charge in [-0.05, 0) is 12.8 Å². The van der Waals surface area contributed by atoms with Crippen LogP contribution in [0.15, 0.2) is 0 Å². The number of nitrogens with two attached hydrogens (primary N) is 2. The van der Waals surface area contributed by atoms with E-state index in [4.69, 9.17) is 11.5 Å². The molecule has 0 aliphatic carbocycles. The normalized spacial score (nSPS) is 39.8. The first-order chi connectivity index (χ1) is 3.79. The Bertz CT molecular complexity index is 60.4. The third-order valence-electron chi connectivity index (χ3n) is 1.04. The van der Waals surface area contributed by atoms with Gasteiger partial charge in [0.05, 0.1) is 0 Å². The molecule has 0 amide bonds. The Labute approximate surface area is 47.7 Å². The Morgan fingerprint density at radius 2 is 1.38 bits per heavy atom. The monoisotopic (exact) mass is 118 g/mol. The summed E-state index contributed by atoms with van der Waals surface area (Å²) in [5, 5.41) is 0. The fraction of sp³-hybridized carbons (Fsp3) is 1.00. The van der Waals surface area contributed by atoms with E-state index >= 15 is 0 Å². The summed E-state index contributed by atoms with van der Waals surface area (Å²) in [6.07, 6.45) is 0.993. The molecule has 2 unspecified atom stereocenters. The van der Waals surface area contributed by atoms with Crippen molar-refractivity contribution in [1.82, 2.24) is 0 Å². The molecule has 4 heteroatoms. The predicted molar refractivity (Wildman–Crippen MR) is 27.4 cm³/mol. The van der Waals surface area contributed by atoms with Gasteiger partial charge in [0.1, 0.15) is 12.5 Å². The lowest BCUT2D eigenvalue weighted by atomic mass is 10.2. The summed E-state index contributed by atoms with van der Waals surface area (Å²) < 4.78 is 0. The summed E-state index contributed by atoms with van der Waals surface area (Å²) in [5.74, 6) is 0. The van der Waals surface area contributed by atoms with E-state index in [1.807, 2.05) is 0 Å². The van der Waals surface area contributed by atoms with Crippen molar-refractivity contribution in [3.63, 3.8) is 0 Å². The first-order valence-corrected chi connectivity index (χ1v) is 2.62. The molecule has 1 heterocycles. The molecule has 0 saturated carbocycles. The number of hydrogen-bond donors (Lipinski definition) is 2. The summed E-state index contributed by atoms with van der Waals surface area (Å²) >= 11 is 0. The minimum Gasteiger partial charge on any atom is -0.303 e. The van der Waals surface area contributed by atoms with Crippen molar-refractivity contribution in [3.05, 3.63) is 0 Å². The summed E-state index contributed by atoms with van der Waals surface area (Å²) in [7, 11) is 0. The maximum atomic E-state index is 5.29. The van der Waals surface area contributed by atoms with Gasteiger partial charge in [-0.25, -0.2) is 9.78 Å². The maximum absolute atomic E-state index is 5.29. The van der Waals surface area contributed by atoms with Crippen molar-refractivity contribution in [1.29, 1.82) is 0 Å². The lowest BCUT2D eigenvalue weighted by molar-refractivity contribution is -0.371. The molecule has 0 spiro atoms. The first-order valence-electron chi connectivity index (χ1n) is 2.62. The summed E-state index contributed by atoms with van der Waals surface area (Å²) in [4.78, 5) is 9.09. The van der Waals surface area contributed by atoms with E-state index < -0.39 is 0 Å². The van der Waals surface area contributed by atoms with Gasteiger partial charge in [0.2, 0.25) is 0 Å². The van der Waals surface area contributed by atoms with Crippen LogP contribution in [0.25, 0.3) is 0 Å². The van der Waals surface area contributed by atoms with Gasteiger partial charge in [-0.15, -0.1) is 0 Å². The number of rotatable bonds is 0. The predicted octanol–water partition coefficient (Wildman–Crippen LogP) is -0.702. The van der Waals surface area contributed by atoms with Gasteiger partial charge >= 0.3 is 0 Å². The molecule has 0 radical (unpaired) electrons. The summed E-state index contributed by atoms with van der Waals surface area (Å²) in [6.45, 7) is 0. The molecule has 0 bridgehead atoms. The van der Waals surface area contributed by atoms with Gasteiger partial charge in [0.15, 0.2) is 0 Å². The molecule has 2 atom stereocenters. The summed E-state index contributed by atoms with van der Waals surface area (Å²) in [6, 6.07) is 0. The molecule has 1 fully saturated rings. The molecule has 0 aromatic heterocycles. The topological polar surface area (TPSA) is 70.5 Å². The van der Waals surface area contributed by atoms with Crippen LogP contribution in [0, 0.1) is 0 Å². The number of hydrogen-bond acceptors (Lipinski definition) is 4. The van der Waals surface area contributed by atoms with Gasteiger partial charge in [0, 0.05) is 0 Å². The SMILES string of the molecule is NC1CCC(N)OO1. The van der Waals surface area contributed by atoms with Crippen LogP contribution in [0.2, 0.25) is 0 Å². The van der Waals surface area contributed by atoms with E-state index in [0.717, 1.165) is 12.8 Å². The lowest BCUT2D eigenvalue weighted by Crippen LogP contribution is -2.37. The minimum atomic E-state index is -0.283. The quantitative estimate of drug-likeness (QED) is 0.412. The van der Waals surface area contributed by atoms with E-state index in [-0.39, 0.29) is 12.5 Å². The highest BCUT2D eigenvalue weighted by molar-refractivity contribution is 4.54. The fourth-order valence-corrected chi connectivity index (χ4v) is 0.567. The third kappa shape index (κ3) is 1.41. The fourth-order valence-electron chi connectivity index (χ4n) is 0.567. The molecule has 48 valence electrons. The second-order valence-electron chi connectivity index (χ2n) is 1.85. The standard InChI is InChI=1S/C4H10N2O2/c5-3-1-2-4(6)8-7-3/h3-4H,1-2,5-6H2. The second kappa shape index (κ2) is 2.41.